The van der Waals surface area contributed by atoms with Crippen molar-refractivity contribution < 1.29 is 4.79 Å². The Hall–Kier alpha value is -0.480. The van der Waals surface area contributed by atoms with Crippen LogP contribution < -0.4 is 5.32 Å². The highest BCUT2D eigenvalue weighted by Gasteiger charge is 2.16. The van der Waals surface area contributed by atoms with Crippen molar-refractivity contribution in [2.24, 2.45) is 0 Å². The lowest BCUT2D eigenvalue weighted by molar-refractivity contribution is -0.121. The lowest BCUT2D eigenvalue weighted by Gasteiger charge is -2.17. The Balaban J connectivity index is 2.63. The van der Waals surface area contributed by atoms with Crippen LogP contribution in [0.25, 0.3) is 0 Å². The Labute approximate surface area is 100 Å². The van der Waals surface area contributed by atoms with Gasteiger partial charge in [-0.25, -0.2) is 0 Å². The van der Waals surface area contributed by atoms with E-state index in [-0.39, 0.29) is 17.2 Å². The second-order valence-corrected chi connectivity index (χ2v) is 5.30. The molecule has 1 aromatic heterocycles. The summed E-state index contributed by atoms with van der Waals surface area (Å²) in [6, 6.07) is 4.23. The molecular weight excluding hydrogens is 226 g/mol. The fourth-order valence-corrected chi connectivity index (χ4v) is 2.24. The first-order chi connectivity index (χ1) is 7.15. The van der Waals surface area contributed by atoms with Crippen molar-refractivity contribution in [3.05, 3.63) is 22.4 Å². The largest absolute Gasteiger partial charge is 0.348 e. The maximum absolute atomic E-state index is 11.5. The van der Waals surface area contributed by atoms with Gasteiger partial charge in [0, 0.05) is 4.88 Å². The summed E-state index contributed by atoms with van der Waals surface area (Å²) in [6.45, 7) is 3.91. The molecule has 0 aromatic carbocycles. The van der Waals surface area contributed by atoms with Gasteiger partial charge in [0.1, 0.15) is 0 Å². The molecule has 0 fully saturated rings. The van der Waals surface area contributed by atoms with Gasteiger partial charge in [0.15, 0.2) is 0 Å². The molecule has 0 aliphatic heterocycles. The summed E-state index contributed by atoms with van der Waals surface area (Å²) in [7, 11) is 0. The average Bonchev–Trinajstić information content (AvgIpc) is 2.69. The Bertz CT molecular complexity index is 296. The predicted octanol–water partition coefficient (Wildman–Crippen LogP) is 3.02. The summed E-state index contributed by atoms with van der Waals surface area (Å²) in [5, 5.41) is 4.80. The van der Waals surface area contributed by atoms with Crippen LogP contribution in [0.3, 0.4) is 0 Å². The van der Waals surface area contributed by atoms with E-state index in [1.54, 1.807) is 18.3 Å². The van der Waals surface area contributed by atoms with E-state index in [1.807, 2.05) is 11.4 Å². The van der Waals surface area contributed by atoms with E-state index < -0.39 is 0 Å². The number of carbonyl (C=O) groups excluding carboxylic acids is 1. The van der Waals surface area contributed by atoms with Gasteiger partial charge >= 0.3 is 0 Å². The second kappa shape index (κ2) is 6.18. The number of hydrogen-bond donors (Lipinski definition) is 2. The summed E-state index contributed by atoms with van der Waals surface area (Å²) in [6.07, 6.45) is 2.04. The molecule has 1 rings (SSSR count). The molecule has 2 unspecified atom stereocenters. The van der Waals surface area contributed by atoms with Gasteiger partial charge in [-0.2, -0.15) is 12.6 Å². The maximum atomic E-state index is 11.5. The zero-order valence-corrected chi connectivity index (χ0v) is 10.8. The highest BCUT2D eigenvalue weighted by Crippen LogP contribution is 2.23. The number of rotatable bonds is 5. The molecule has 0 radical (unpaired) electrons. The van der Waals surface area contributed by atoms with Gasteiger partial charge in [-0.1, -0.05) is 19.4 Å². The normalized spacial score (nSPS) is 14.6. The van der Waals surface area contributed by atoms with Crippen LogP contribution in [0.1, 0.15) is 37.6 Å². The van der Waals surface area contributed by atoms with Gasteiger partial charge in [-0.05, 0) is 24.8 Å². The molecule has 1 N–H and O–H groups in total. The minimum absolute atomic E-state index is 0.00480. The van der Waals surface area contributed by atoms with Crippen molar-refractivity contribution >= 4 is 29.9 Å². The molecule has 0 spiro atoms. The molecule has 0 bridgehead atoms. The minimum atomic E-state index is -0.246. The van der Waals surface area contributed by atoms with Crippen LogP contribution in [0.2, 0.25) is 0 Å². The van der Waals surface area contributed by atoms with Crippen molar-refractivity contribution in [1.29, 1.82) is 0 Å². The van der Waals surface area contributed by atoms with Crippen LogP contribution in [-0.2, 0) is 4.79 Å². The van der Waals surface area contributed by atoms with Crippen LogP contribution in [0, 0.1) is 0 Å². The van der Waals surface area contributed by atoms with Gasteiger partial charge in [0.2, 0.25) is 5.91 Å². The van der Waals surface area contributed by atoms with Crippen molar-refractivity contribution in [2.45, 2.75) is 38.0 Å². The highest BCUT2D eigenvalue weighted by atomic mass is 32.1. The Morgan fingerprint density at radius 2 is 2.40 bits per heavy atom. The number of thiol groups is 1. The molecular formula is C11H17NOS2. The van der Waals surface area contributed by atoms with E-state index in [0.717, 1.165) is 12.8 Å². The zero-order valence-electron chi connectivity index (χ0n) is 9.06. The fourth-order valence-electron chi connectivity index (χ4n) is 1.36. The molecule has 1 heterocycles. The SMILES string of the molecule is CCCC(NC(=O)C(C)S)c1cccs1. The number of amides is 1. The standard InChI is InChI=1S/C11H17NOS2/c1-3-5-9(10-6-4-7-15-10)12-11(13)8(2)14/h4,6-9,14H,3,5H2,1-2H3,(H,12,13). The molecule has 2 nitrogen and oxygen atoms in total. The first-order valence-electron chi connectivity index (χ1n) is 5.17. The Kier molecular flexibility index (Phi) is 5.19. The topological polar surface area (TPSA) is 29.1 Å². The van der Waals surface area contributed by atoms with Gasteiger partial charge in [0.05, 0.1) is 11.3 Å². The van der Waals surface area contributed by atoms with Gasteiger partial charge < -0.3 is 5.32 Å². The molecule has 0 aliphatic carbocycles. The van der Waals surface area contributed by atoms with E-state index in [2.05, 4.69) is 30.9 Å². The lowest BCUT2D eigenvalue weighted by atomic mass is 10.1. The van der Waals surface area contributed by atoms with Crippen molar-refractivity contribution in [3.63, 3.8) is 0 Å². The Morgan fingerprint density at radius 1 is 1.67 bits per heavy atom. The van der Waals surface area contributed by atoms with Gasteiger partial charge in [-0.3, -0.25) is 4.79 Å². The van der Waals surface area contributed by atoms with Crippen molar-refractivity contribution in [2.75, 3.05) is 0 Å². The van der Waals surface area contributed by atoms with E-state index in [9.17, 15) is 4.79 Å². The summed E-state index contributed by atoms with van der Waals surface area (Å²) < 4.78 is 0. The monoisotopic (exact) mass is 243 g/mol. The molecule has 0 aliphatic rings. The van der Waals surface area contributed by atoms with E-state index in [4.69, 9.17) is 0 Å². The molecule has 2 atom stereocenters. The van der Waals surface area contributed by atoms with Crippen LogP contribution in [0.5, 0.6) is 0 Å². The van der Waals surface area contributed by atoms with Crippen LogP contribution in [0.4, 0.5) is 0 Å². The molecule has 0 saturated heterocycles. The van der Waals surface area contributed by atoms with E-state index >= 15 is 0 Å². The summed E-state index contributed by atoms with van der Waals surface area (Å²) >= 11 is 5.81. The minimum Gasteiger partial charge on any atom is -0.348 e. The quantitative estimate of drug-likeness (QED) is 0.765. The molecule has 15 heavy (non-hydrogen) atoms. The summed E-state index contributed by atoms with van der Waals surface area (Å²) in [4.78, 5) is 12.8. The van der Waals surface area contributed by atoms with Gasteiger partial charge in [-0.15, -0.1) is 11.3 Å². The number of thiophene rings is 1. The first kappa shape index (κ1) is 12.6. The number of carbonyl (C=O) groups is 1. The smallest absolute Gasteiger partial charge is 0.233 e. The summed E-state index contributed by atoms with van der Waals surface area (Å²) in [5.41, 5.74) is 0. The zero-order chi connectivity index (χ0) is 11.3. The third-order valence-electron chi connectivity index (χ3n) is 2.16. The predicted molar refractivity (Wildman–Crippen MR) is 68.6 cm³/mol. The number of hydrogen-bond acceptors (Lipinski definition) is 3. The molecule has 0 saturated carbocycles. The lowest BCUT2D eigenvalue weighted by Crippen LogP contribution is -2.33. The number of nitrogens with one attached hydrogen (secondary N) is 1. The molecule has 1 aromatic rings. The highest BCUT2D eigenvalue weighted by molar-refractivity contribution is 7.81. The van der Waals surface area contributed by atoms with Gasteiger partial charge in [0.25, 0.3) is 0 Å². The third-order valence-corrected chi connectivity index (χ3v) is 3.38. The average molecular weight is 243 g/mol. The van der Waals surface area contributed by atoms with Crippen molar-refractivity contribution in [1.82, 2.24) is 5.32 Å². The fraction of sp³-hybridized carbons (Fsp3) is 0.545. The molecule has 1 amide bonds. The summed E-state index contributed by atoms with van der Waals surface area (Å²) in [5.74, 6) is 0.00480. The van der Waals surface area contributed by atoms with Crippen LogP contribution >= 0.6 is 24.0 Å². The maximum Gasteiger partial charge on any atom is 0.233 e. The van der Waals surface area contributed by atoms with E-state index in [0.29, 0.717) is 0 Å². The first-order valence-corrected chi connectivity index (χ1v) is 6.56. The second-order valence-electron chi connectivity index (χ2n) is 3.54. The van der Waals surface area contributed by atoms with E-state index in [1.165, 1.54) is 4.88 Å². The molecule has 4 heteroatoms. The van der Waals surface area contributed by atoms with Crippen LogP contribution in [0.15, 0.2) is 17.5 Å². The molecule has 84 valence electrons. The Morgan fingerprint density at radius 3 is 2.87 bits per heavy atom. The third kappa shape index (κ3) is 3.87. The van der Waals surface area contributed by atoms with Crippen LogP contribution in [-0.4, -0.2) is 11.2 Å². The van der Waals surface area contributed by atoms with Crippen molar-refractivity contribution in [3.8, 4) is 0 Å².